The average molecular weight is 371 g/mol. The number of hydrogen-bond acceptors (Lipinski definition) is 3. The summed E-state index contributed by atoms with van der Waals surface area (Å²) >= 11 is 6.52. The molecule has 3 heterocycles. The Morgan fingerprint density at radius 2 is 2.08 bits per heavy atom. The fourth-order valence-corrected chi connectivity index (χ4v) is 4.37. The number of thiazole rings is 1. The van der Waals surface area contributed by atoms with Crippen LogP contribution in [0.1, 0.15) is 29.7 Å². The van der Waals surface area contributed by atoms with Crippen LogP contribution >= 0.6 is 23.6 Å². The predicted molar refractivity (Wildman–Crippen MR) is 104 cm³/mol. The molecule has 25 heavy (non-hydrogen) atoms. The molecule has 0 amide bonds. The monoisotopic (exact) mass is 370 g/mol. The van der Waals surface area contributed by atoms with Crippen molar-refractivity contribution in [1.29, 1.82) is 0 Å². The molecule has 128 valence electrons. The first-order valence-electron chi connectivity index (χ1n) is 8.53. The van der Waals surface area contributed by atoms with E-state index in [2.05, 4.69) is 40.8 Å². The lowest BCUT2D eigenvalue weighted by atomic mass is 10.1. The van der Waals surface area contributed by atoms with Crippen molar-refractivity contribution in [3.05, 3.63) is 48.7 Å². The van der Waals surface area contributed by atoms with Gasteiger partial charge in [0.1, 0.15) is 0 Å². The van der Waals surface area contributed by atoms with Crippen LogP contribution in [0.3, 0.4) is 0 Å². The van der Waals surface area contributed by atoms with E-state index in [1.165, 1.54) is 36.2 Å². The largest absolute Gasteiger partial charge is 0.494 e. The first-order valence-corrected chi connectivity index (χ1v) is 9.76. The molecule has 2 aliphatic rings. The van der Waals surface area contributed by atoms with Crippen molar-refractivity contribution in [2.24, 2.45) is 4.99 Å². The Morgan fingerprint density at radius 3 is 2.80 bits per heavy atom. The van der Waals surface area contributed by atoms with Crippen molar-refractivity contribution in [2.75, 3.05) is 13.1 Å². The Morgan fingerprint density at radius 1 is 1.28 bits per heavy atom. The fourth-order valence-electron chi connectivity index (χ4n) is 3.32. The van der Waals surface area contributed by atoms with E-state index in [4.69, 9.17) is 17.2 Å². The average Bonchev–Trinajstić information content (AvgIpc) is 2.92. The quantitative estimate of drug-likeness (QED) is 0.599. The maximum absolute atomic E-state index is 10.1. The summed E-state index contributed by atoms with van der Waals surface area (Å²) in [5, 5.41) is 12.2. The molecule has 0 saturated carbocycles. The van der Waals surface area contributed by atoms with Gasteiger partial charge in [-0.3, -0.25) is 4.58 Å². The molecular weight excluding hydrogens is 350 g/mol. The topological polar surface area (TPSA) is 51.4 Å². The summed E-state index contributed by atoms with van der Waals surface area (Å²) in [5.41, 5.74) is 2.24. The second-order valence-electron chi connectivity index (χ2n) is 6.52. The highest BCUT2D eigenvalue weighted by atomic mass is 32.1. The van der Waals surface area contributed by atoms with Gasteiger partial charge in [-0.2, -0.15) is 0 Å². The third kappa shape index (κ3) is 3.37. The van der Waals surface area contributed by atoms with E-state index in [0.29, 0.717) is 3.95 Å². The highest BCUT2D eigenvalue weighted by molar-refractivity contribution is 7.73. The lowest BCUT2D eigenvalue weighted by molar-refractivity contribution is -0.537. The minimum Gasteiger partial charge on any atom is -0.494 e. The third-order valence-electron chi connectivity index (χ3n) is 4.58. The van der Waals surface area contributed by atoms with Crippen molar-refractivity contribution in [3.8, 4) is 5.88 Å². The van der Waals surface area contributed by atoms with E-state index in [1.807, 2.05) is 6.08 Å². The number of nitrogens with zero attached hydrogens (tertiary/aromatic N) is 2. The Balaban J connectivity index is 1.94. The molecule has 2 aromatic rings. The number of amidine groups is 1. The maximum Gasteiger partial charge on any atom is 0.326 e. The molecule has 2 aliphatic heterocycles. The summed E-state index contributed by atoms with van der Waals surface area (Å²) in [7, 11) is 0. The molecule has 4 nitrogen and oxygen atoms in total. The number of piperidine rings is 1. The van der Waals surface area contributed by atoms with Crippen LogP contribution in [0.15, 0.2) is 28.8 Å². The number of aromatic hydroxyl groups is 1. The van der Waals surface area contributed by atoms with Crippen LogP contribution in [-0.4, -0.2) is 33.6 Å². The van der Waals surface area contributed by atoms with Crippen LogP contribution in [0, 0.1) is 10.9 Å². The molecule has 1 saturated heterocycles. The van der Waals surface area contributed by atoms with E-state index in [-0.39, 0.29) is 5.88 Å². The van der Waals surface area contributed by atoms with Gasteiger partial charge in [-0.1, -0.05) is 12.1 Å². The maximum atomic E-state index is 10.1. The molecule has 1 aromatic heterocycles. The lowest BCUT2D eigenvalue weighted by Gasteiger charge is -2.15. The molecular formula is C19H20N3OS2+. The van der Waals surface area contributed by atoms with Crippen molar-refractivity contribution in [1.82, 2.24) is 4.98 Å². The summed E-state index contributed by atoms with van der Waals surface area (Å²) in [6.45, 7) is 4.15. The summed E-state index contributed by atoms with van der Waals surface area (Å²) in [4.78, 5) is 8.52. The van der Waals surface area contributed by atoms with Gasteiger partial charge in [-0.05, 0) is 67.2 Å². The smallest absolute Gasteiger partial charge is 0.326 e. The summed E-state index contributed by atoms with van der Waals surface area (Å²) in [5.74, 6) is 1.13. The molecule has 0 bridgehead atoms. The van der Waals surface area contributed by atoms with Crippen molar-refractivity contribution in [2.45, 2.75) is 26.2 Å². The normalized spacial score (nSPS) is 18.7. The second-order valence-corrected chi connectivity index (χ2v) is 8.24. The van der Waals surface area contributed by atoms with E-state index in [9.17, 15) is 5.11 Å². The van der Waals surface area contributed by atoms with Crippen LogP contribution in [0.5, 0.6) is 5.88 Å². The molecule has 1 fully saturated rings. The van der Waals surface area contributed by atoms with Crippen molar-refractivity contribution >= 4 is 41.5 Å². The van der Waals surface area contributed by atoms with Gasteiger partial charge in [-0.15, -0.1) is 11.3 Å². The van der Waals surface area contributed by atoms with E-state index in [0.717, 1.165) is 40.0 Å². The Hall–Kier alpha value is -2.05. The second kappa shape index (κ2) is 6.69. The van der Waals surface area contributed by atoms with Crippen LogP contribution in [0.2, 0.25) is 0 Å². The number of H-pyrrole nitrogens is 1. The van der Waals surface area contributed by atoms with E-state index in [1.54, 1.807) is 0 Å². The predicted octanol–water partition coefficient (Wildman–Crippen LogP) is 2.91. The number of aryl methyl sites for hydroxylation is 1. The third-order valence-corrected chi connectivity index (χ3v) is 5.75. The first kappa shape index (κ1) is 16.4. The highest BCUT2D eigenvalue weighted by Gasteiger charge is 2.23. The molecule has 0 aliphatic carbocycles. The zero-order valence-electron chi connectivity index (χ0n) is 14.1. The Kier molecular flexibility index (Phi) is 4.39. The Bertz CT molecular complexity index is 1060. The van der Waals surface area contributed by atoms with Crippen LogP contribution < -0.4 is 10.6 Å². The minimum absolute atomic E-state index is 0.128. The number of aromatic nitrogens is 1. The number of aromatic amines is 1. The molecule has 0 atom stereocenters. The van der Waals surface area contributed by atoms with Crippen LogP contribution in [-0.2, 0) is 0 Å². The van der Waals surface area contributed by atoms with Gasteiger partial charge in [0, 0.05) is 5.22 Å². The molecule has 0 radical (unpaired) electrons. The van der Waals surface area contributed by atoms with Gasteiger partial charge in [0.2, 0.25) is 5.88 Å². The van der Waals surface area contributed by atoms with Crippen LogP contribution in [0.4, 0.5) is 0 Å². The summed E-state index contributed by atoms with van der Waals surface area (Å²) in [6, 6.07) is 6.34. The fraction of sp³-hybridized carbons (Fsp3) is 0.316. The Labute approximate surface area is 155 Å². The molecule has 6 heteroatoms. The molecule has 1 aromatic carbocycles. The van der Waals surface area contributed by atoms with Gasteiger partial charge in [-0.25, -0.2) is 0 Å². The zero-order valence-corrected chi connectivity index (χ0v) is 15.7. The highest BCUT2D eigenvalue weighted by Crippen LogP contribution is 2.25. The lowest BCUT2D eigenvalue weighted by Crippen LogP contribution is -2.36. The first-order chi connectivity index (χ1) is 12.1. The van der Waals surface area contributed by atoms with Crippen molar-refractivity contribution < 1.29 is 9.68 Å². The molecule has 4 rings (SSSR count). The van der Waals surface area contributed by atoms with Gasteiger partial charge < -0.3 is 10.1 Å². The molecule has 0 unspecified atom stereocenters. The summed E-state index contributed by atoms with van der Waals surface area (Å²) < 4.78 is 2.94. The van der Waals surface area contributed by atoms with Gasteiger partial charge in [0.15, 0.2) is 9.31 Å². The number of fused-ring (bicyclic) bond motifs is 1. The van der Waals surface area contributed by atoms with Crippen LogP contribution in [0.25, 0.3) is 12.2 Å². The zero-order chi connectivity index (χ0) is 17.4. The minimum atomic E-state index is 0.128. The number of hydrogen-bond donors (Lipinski definition) is 2. The van der Waals surface area contributed by atoms with E-state index < -0.39 is 0 Å². The van der Waals surface area contributed by atoms with Gasteiger partial charge in [0.25, 0.3) is 0 Å². The van der Waals surface area contributed by atoms with Gasteiger partial charge in [0.05, 0.1) is 23.5 Å². The standard InChI is InChI=1S/C19H19N3OS2/c1-12-5-6-13-10-14(11-16-18(23)21-19(24)25-16)17(20-15(13)9-12)22-7-3-2-4-8-22/h5-6,9-11H,2-4,7-8H2,1H3,(H,21,23,24)/p+1. The van der Waals surface area contributed by atoms with Gasteiger partial charge >= 0.3 is 5.84 Å². The number of benzene rings is 1. The molecule has 0 spiro atoms. The molecule has 2 N–H and O–H groups in total. The summed E-state index contributed by atoms with van der Waals surface area (Å²) in [6.07, 6.45) is 7.82. The number of nitrogens with one attached hydrogen (secondary N) is 1. The SMILES string of the molecule is Cc1ccc2c(c1)=NC(=[N+]1CCCCC1)/C(=C/c1sc(=S)[nH]c1O)C=2. The number of rotatable bonds is 1. The van der Waals surface area contributed by atoms with Crippen molar-refractivity contribution in [3.63, 3.8) is 0 Å². The van der Waals surface area contributed by atoms with E-state index >= 15 is 0 Å².